The fourth-order valence-corrected chi connectivity index (χ4v) is 3.20. The minimum Gasteiger partial charge on any atom is -0.356 e. The Morgan fingerprint density at radius 1 is 1.20 bits per heavy atom. The first kappa shape index (κ1) is 15.0. The van der Waals surface area contributed by atoms with E-state index in [-0.39, 0.29) is 17.7 Å². The zero-order valence-corrected chi connectivity index (χ0v) is 12.5. The molecule has 1 fully saturated rings. The van der Waals surface area contributed by atoms with E-state index < -0.39 is 0 Å². The molecule has 0 spiro atoms. The Labute approximate surface area is 124 Å². The van der Waals surface area contributed by atoms with E-state index in [0.717, 1.165) is 32.1 Å². The third-order valence-corrected chi connectivity index (χ3v) is 4.43. The minimum atomic E-state index is 0.00644. The molecule has 0 saturated heterocycles. The number of rotatable bonds is 7. The van der Waals surface area contributed by atoms with E-state index in [1.807, 2.05) is 5.38 Å². The summed E-state index contributed by atoms with van der Waals surface area (Å²) in [5.41, 5.74) is 1.25. The zero-order chi connectivity index (χ0) is 14.2. The molecule has 4 nitrogen and oxygen atoms in total. The predicted octanol–water partition coefficient (Wildman–Crippen LogP) is 2.10. The zero-order valence-electron chi connectivity index (χ0n) is 11.7. The second-order valence-corrected chi connectivity index (χ2v) is 6.03. The van der Waals surface area contributed by atoms with Crippen LogP contribution in [0, 0.1) is 5.92 Å². The number of carbonyl (C=O) groups is 2. The Morgan fingerprint density at radius 3 is 2.70 bits per heavy atom. The summed E-state index contributed by atoms with van der Waals surface area (Å²) in [5.74, 6) is 0.303. The van der Waals surface area contributed by atoms with Crippen molar-refractivity contribution in [3.8, 4) is 0 Å². The van der Waals surface area contributed by atoms with Gasteiger partial charge in [0, 0.05) is 25.4 Å². The molecule has 0 unspecified atom stereocenters. The van der Waals surface area contributed by atoms with Crippen LogP contribution in [0.25, 0.3) is 0 Å². The summed E-state index contributed by atoms with van der Waals surface area (Å²) in [7, 11) is 0. The molecule has 1 aromatic heterocycles. The van der Waals surface area contributed by atoms with Gasteiger partial charge < -0.3 is 10.6 Å². The minimum absolute atomic E-state index is 0.00644. The summed E-state index contributed by atoms with van der Waals surface area (Å²) >= 11 is 1.67. The summed E-state index contributed by atoms with van der Waals surface area (Å²) < 4.78 is 0. The van der Waals surface area contributed by atoms with Gasteiger partial charge in [0.15, 0.2) is 0 Å². The maximum atomic E-state index is 11.8. The molecular formula is C15H22N2O2S. The predicted molar refractivity (Wildman–Crippen MR) is 80.6 cm³/mol. The van der Waals surface area contributed by atoms with E-state index in [2.05, 4.69) is 22.1 Å². The Balaban J connectivity index is 1.52. The molecule has 1 heterocycles. The highest BCUT2D eigenvalue weighted by Crippen LogP contribution is 2.24. The molecule has 2 rings (SSSR count). The van der Waals surface area contributed by atoms with Crippen molar-refractivity contribution in [3.05, 3.63) is 22.4 Å². The Hall–Kier alpha value is -1.36. The maximum absolute atomic E-state index is 11.8. The van der Waals surface area contributed by atoms with Gasteiger partial charge in [0.25, 0.3) is 0 Å². The van der Waals surface area contributed by atoms with Crippen LogP contribution in [0.5, 0.6) is 0 Å². The quantitative estimate of drug-likeness (QED) is 0.809. The summed E-state index contributed by atoms with van der Waals surface area (Å²) in [4.78, 5) is 23.4. The van der Waals surface area contributed by atoms with Gasteiger partial charge in [-0.3, -0.25) is 9.59 Å². The monoisotopic (exact) mass is 294 g/mol. The van der Waals surface area contributed by atoms with E-state index >= 15 is 0 Å². The highest BCUT2D eigenvalue weighted by molar-refractivity contribution is 7.07. The molecular weight excluding hydrogens is 272 g/mol. The van der Waals surface area contributed by atoms with Crippen LogP contribution in [0.15, 0.2) is 16.8 Å². The van der Waals surface area contributed by atoms with Gasteiger partial charge in [0.05, 0.1) is 0 Å². The molecule has 2 amide bonds. The third-order valence-electron chi connectivity index (χ3n) is 3.69. The van der Waals surface area contributed by atoms with Crippen molar-refractivity contribution >= 4 is 23.2 Å². The maximum Gasteiger partial charge on any atom is 0.223 e. The number of hydrogen-bond acceptors (Lipinski definition) is 3. The van der Waals surface area contributed by atoms with Crippen LogP contribution in [0.3, 0.4) is 0 Å². The van der Waals surface area contributed by atoms with Crippen LogP contribution < -0.4 is 10.6 Å². The largest absolute Gasteiger partial charge is 0.356 e. The Morgan fingerprint density at radius 2 is 2.00 bits per heavy atom. The van der Waals surface area contributed by atoms with E-state index in [0.29, 0.717) is 19.5 Å². The molecule has 1 saturated carbocycles. The molecule has 5 heteroatoms. The fourth-order valence-electron chi connectivity index (χ4n) is 2.50. The number of hydrogen-bond donors (Lipinski definition) is 2. The molecule has 0 aliphatic heterocycles. The highest BCUT2D eigenvalue weighted by atomic mass is 32.1. The van der Waals surface area contributed by atoms with E-state index in [9.17, 15) is 9.59 Å². The highest BCUT2D eigenvalue weighted by Gasteiger charge is 2.22. The molecule has 1 aromatic rings. The molecule has 0 bridgehead atoms. The van der Waals surface area contributed by atoms with E-state index in [1.54, 1.807) is 11.3 Å². The van der Waals surface area contributed by atoms with Crippen LogP contribution in [0.1, 0.15) is 37.7 Å². The van der Waals surface area contributed by atoms with Gasteiger partial charge in [0.1, 0.15) is 0 Å². The second kappa shape index (κ2) is 8.04. The SMILES string of the molecule is O=C(CCNC(=O)C1CCCC1)NCCc1ccsc1. The van der Waals surface area contributed by atoms with Crippen molar-refractivity contribution < 1.29 is 9.59 Å². The first-order valence-electron chi connectivity index (χ1n) is 7.31. The number of nitrogens with one attached hydrogen (secondary N) is 2. The van der Waals surface area contributed by atoms with Crippen LogP contribution in [0.2, 0.25) is 0 Å². The smallest absolute Gasteiger partial charge is 0.223 e. The summed E-state index contributed by atoms with van der Waals surface area (Å²) in [6.07, 6.45) is 5.53. The standard InChI is InChI=1S/C15H22N2O2S/c18-14(16-8-5-12-7-10-20-11-12)6-9-17-15(19)13-3-1-2-4-13/h7,10-11,13H,1-6,8-9H2,(H,16,18)(H,17,19). The Kier molecular flexibility index (Phi) is 6.05. The summed E-state index contributed by atoms with van der Waals surface area (Å²) in [6.45, 7) is 1.10. The molecule has 20 heavy (non-hydrogen) atoms. The molecule has 0 radical (unpaired) electrons. The fraction of sp³-hybridized carbons (Fsp3) is 0.600. The number of amides is 2. The second-order valence-electron chi connectivity index (χ2n) is 5.25. The van der Waals surface area contributed by atoms with Crippen molar-refractivity contribution in [2.24, 2.45) is 5.92 Å². The number of carbonyl (C=O) groups excluding carboxylic acids is 2. The van der Waals surface area contributed by atoms with Gasteiger partial charge >= 0.3 is 0 Å². The molecule has 2 N–H and O–H groups in total. The van der Waals surface area contributed by atoms with Gasteiger partial charge in [0.2, 0.25) is 11.8 Å². The lowest BCUT2D eigenvalue weighted by Gasteiger charge is -2.10. The van der Waals surface area contributed by atoms with Crippen LogP contribution in [-0.2, 0) is 16.0 Å². The summed E-state index contributed by atoms with van der Waals surface area (Å²) in [6, 6.07) is 2.07. The van der Waals surface area contributed by atoms with Gasteiger partial charge in [-0.25, -0.2) is 0 Å². The molecule has 110 valence electrons. The van der Waals surface area contributed by atoms with Crippen LogP contribution in [0.4, 0.5) is 0 Å². The van der Waals surface area contributed by atoms with Crippen molar-refractivity contribution in [1.29, 1.82) is 0 Å². The lowest BCUT2D eigenvalue weighted by molar-refractivity contribution is -0.125. The Bertz CT molecular complexity index is 425. The van der Waals surface area contributed by atoms with Crippen LogP contribution in [-0.4, -0.2) is 24.9 Å². The molecule has 0 atom stereocenters. The van der Waals surface area contributed by atoms with Crippen molar-refractivity contribution in [2.45, 2.75) is 38.5 Å². The van der Waals surface area contributed by atoms with Crippen molar-refractivity contribution in [3.63, 3.8) is 0 Å². The first-order valence-corrected chi connectivity index (χ1v) is 8.25. The summed E-state index contributed by atoms with van der Waals surface area (Å²) in [5, 5.41) is 9.87. The van der Waals surface area contributed by atoms with Crippen molar-refractivity contribution in [2.75, 3.05) is 13.1 Å². The lowest BCUT2D eigenvalue weighted by atomic mass is 10.1. The molecule has 1 aliphatic rings. The van der Waals surface area contributed by atoms with Gasteiger partial charge in [-0.15, -0.1) is 0 Å². The van der Waals surface area contributed by atoms with Gasteiger partial charge in [-0.05, 0) is 41.7 Å². The van der Waals surface area contributed by atoms with Crippen LogP contribution >= 0.6 is 11.3 Å². The molecule has 0 aromatic carbocycles. The van der Waals surface area contributed by atoms with Gasteiger partial charge in [-0.2, -0.15) is 11.3 Å². The van der Waals surface area contributed by atoms with E-state index in [4.69, 9.17) is 0 Å². The topological polar surface area (TPSA) is 58.2 Å². The molecule has 1 aliphatic carbocycles. The first-order chi connectivity index (χ1) is 9.75. The number of thiophene rings is 1. The van der Waals surface area contributed by atoms with E-state index in [1.165, 1.54) is 5.56 Å². The lowest BCUT2D eigenvalue weighted by Crippen LogP contribution is -2.34. The average molecular weight is 294 g/mol. The third kappa shape index (κ3) is 4.96. The average Bonchev–Trinajstić information content (AvgIpc) is 3.12. The van der Waals surface area contributed by atoms with Gasteiger partial charge in [-0.1, -0.05) is 12.8 Å². The normalized spacial score (nSPS) is 15.2. The van der Waals surface area contributed by atoms with Crippen molar-refractivity contribution in [1.82, 2.24) is 10.6 Å².